The van der Waals surface area contributed by atoms with Gasteiger partial charge in [0.15, 0.2) is 0 Å². The minimum Gasteiger partial charge on any atom is -0.351 e. The van der Waals surface area contributed by atoms with Crippen molar-refractivity contribution in [3.8, 4) is 0 Å². The van der Waals surface area contributed by atoms with Crippen molar-refractivity contribution in [1.82, 2.24) is 5.32 Å². The number of halogens is 1. The monoisotopic (exact) mass is 529 g/mol. The second-order valence-electron chi connectivity index (χ2n) is 9.22. The van der Waals surface area contributed by atoms with Gasteiger partial charge < -0.3 is 15.1 Å². The smallest absolute Gasteiger partial charge is 0.351 e. The summed E-state index contributed by atoms with van der Waals surface area (Å²) in [6.07, 6.45) is 21.0. The molecule has 1 aromatic carbocycles. The van der Waals surface area contributed by atoms with E-state index in [1.54, 1.807) is 12.1 Å². The zero-order chi connectivity index (χ0) is 25.8. The van der Waals surface area contributed by atoms with Gasteiger partial charge >= 0.3 is 7.82 Å². The van der Waals surface area contributed by atoms with Crippen LogP contribution in [0.25, 0.3) is 0 Å². The van der Waals surface area contributed by atoms with Crippen LogP contribution in [-0.2, 0) is 20.3 Å². The van der Waals surface area contributed by atoms with Crippen molar-refractivity contribution < 1.29 is 23.7 Å². The van der Waals surface area contributed by atoms with Crippen LogP contribution in [0.3, 0.4) is 0 Å². The maximum atomic E-state index is 12.4. The minimum atomic E-state index is -4.61. The number of benzene rings is 1. The summed E-state index contributed by atoms with van der Waals surface area (Å²) in [5.74, 6) is -0.129. The molecule has 3 N–H and O–H groups in total. The van der Waals surface area contributed by atoms with Crippen molar-refractivity contribution in [2.45, 2.75) is 109 Å². The Bertz CT molecular complexity index is 750. The van der Waals surface area contributed by atoms with Crippen molar-refractivity contribution in [3.63, 3.8) is 0 Å². The van der Waals surface area contributed by atoms with Crippen LogP contribution >= 0.6 is 19.4 Å². The Labute approximate surface area is 217 Å². The third-order valence-electron chi connectivity index (χ3n) is 5.87. The van der Waals surface area contributed by atoms with E-state index >= 15 is 0 Å². The van der Waals surface area contributed by atoms with Gasteiger partial charge in [0.1, 0.15) is 0 Å². The summed E-state index contributed by atoms with van der Waals surface area (Å²) in [5, 5.41) is 3.45. The number of unbranched alkanes of at least 4 members (excludes halogenated alkanes) is 11. The molecular formula is C27H45ClNO5P. The van der Waals surface area contributed by atoms with Gasteiger partial charge in [-0.2, -0.15) is 0 Å². The highest BCUT2D eigenvalue weighted by Gasteiger charge is 2.20. The van der Waals surface area contributed by atoms with Crippen LogP contribution in [-0.4, -0.2) is 28.3 Å². The molecule has 0 fully saturated rings. The van der Waals surface area contributed by atoms with Crippen LogP contribution in [0, 0.1) is 0 Å². The van der Waals surface area contributed by atoms with Gasteiger partial charge in [0.05, 0.1) is 12.6 Å². The van der Waals surface area contributed by atoms with Gasteiger partial charge in [-0.15, -0.1) is 0 Å². The van der Waals surface area contributed by atoms with E-state index in [1.165, 1.54) is 51.4 Å². The van der Waals surface area contributed by atoms with E-state index in [-0.39, 0.29) is 12.5 Å². The molecule has 0 bridgehead atoms. The second-order valence-corrected chi connectivity index (χ2v) is 10.9. The molecule has 1 atom stereocenters. The normalized spacial score (nSPS) is 12.8. The number of nitrogens with one attached hydrogen (secondary N) is 1. The molecule has 200 valence electrons. The maximum absolute atomic E-state index is 12.4. The van der Waals surface area contributed by atoms with Crippen LogP contribution in [0.15, 0.2) is 36.4 Å². The molecule has 6 nitrogen and oxygen atoms in total. The number of amides is 1. The van der Waals surface area contributed by atoms with Crippen LogP contribution in [0.4, 0.5) is 0 Å². The highest BCUT2D eigenvalue weighted by molar-refractivity contribution is 7.46. The van der Waals surface area contributed by atoms with Crippen LogP contribution in [0.2, 0.25) is 5.02 Å². The van der Waals surface area contributed by atoms with E-state index < -0.39 is 13.9 Å². The zero-order valence-corrected chi connectivity index (χ0v) is 22.9. The Morgan fingerprint density at radius 3 is 2.06 bits per heavy atom. The van der Waals surface area contributed by atoms with Crippen molar-refractivity contribution in [1.29, 1.82) is 0 Å². The lowest BCUT2D eigenvalue weighted by molar-refractivity contribution is -0.122. The number of phosphoric ester groups is 1. The first-order chi connectivity index (χ1) is 16.8. The molecule has 0 aliphatic carbocycles. The molecule has 1 aromatic rings. The lowest BCUT2D eigenvalue weighted by atomic mass is 10.1. The van der Waals surface area contributed by atoms with E-state index in [4.69, 9.17) is 21.4 Å². The van der Waals surface area contributed by atoms with E-state index in [2.05, 4.69) is 28.9 Å². The zero-order valence-electron chi connectivity index (χ0n) is 21.3. The predicted molar refractivity (Wildman–Crippen MR) is 145 cm³/mol. The Kier molecular flexibility index (Phi) is 18.2. The van der Waals surface area contributed by atoms with Crippen LogP contribution < -0.4 is 5.32 Å². The van der Waals surface area contributed by atoms with Crippen molar-refractivity contribution in [3.05, 3.63) is 47.0 Å². The third kappa shape index (κ3) is 19.7. The number of rotatable bonds is 21. The summed E-state index contributed by atoms with van der Waals surface area (Å²) in [6.45, 7) is 1.99. The van der Waals surface area contributed by atoms with Gasteiger partial charge in [-0.3, -0.25) is 9.32 Å². The molecule has 0 saturated carbocycles. The first-order valence-electron chi connectivity index (χ1n) is 13.2. The van der Waals surface area contributed by atoms with Gasteiger partial charge in [-0.1, -0.05) is 94.2 Å². The molecule has 0 heterocycles. The summed E-state index contributed by atoms with van der Waals surface area (Å²) in [5.41, 5.74) is 0.898. The highest BCUT2D eigenvalue weighted by Crippen LogP contribution is 2.35. The second kappa shape index (κ2) is 20.0. The third-order valence-corrected chi connectivity index (χ3v) is 6.61. The van der Waals surface area contributed by atoms with E-state index in [9.17, 15) is 9.36 Å². The largest absolute Gasteiger partial charge is 0.469 e. The van der Waals surface area contributed by atoms with Gasteiger partial charge in [0, 0.05) is 11.4 Å². The Morgan fingerprint density at radius 1 is 0.943 bits per heavy atom. The van der Waals surface area contributed by atoms with E-state index in [0.717, 1.165) is 37.7 Å². The maximum Gasteiger partial charge on any atom is 0.469 e. The standard InChI is InChI=1S/C27H45ClNO5P/c1-2-3-4-5-6-7-8-9-10-11-12-13-14-15-16-17-27(30)29-26(23-34-35(31,32)33)22-24-18-20-25(28)21-19-24/h9-10,18-21,26H,2-8,11-17,22-23H2,1H3,(H,29,30)(H2,31,32,33)/t26-/m1/s1. The minimum absolute atomic E-state index is 0.129. The summed E-state index contributed by atoms with van der Waals surface area (Å²) >= 11 is 5.91. The van der Waals surface area contributed by atoms with Crippen molar-refractivity contribution >= 4 is 25.3 Å². The topological polar surface area (TPSA) is 95.9 Å². The lowest BCUT2D eigenvalue weighted by Gasteiger charge is -2.19. The fourth-order valence-electron chi connectivity index (χ4n) is 3.90. The summed E-state index contributed by atoms with van der Waals surface area (Å²) < 4.78 is 15.7. The van der Waals surface area contributed by atoms with Crippen molar-refractivity contribution in [2.75, 3.05) is 6.61 Å². The lowest BCUT2D eigenvalue weighted by Crippen LogP contribution is -2.39. The molecule has 0 spiro atoms. The Morgan fingerprint density at radius 2 is 1.49 bits per heavy atom. The molecule has 0 unspecified atom stereocenters. The number of hydrogen-bond donors (Lipinski definition) is 3. The van der Waals surface area contributed by atoms with Gasteiger partial charge in [-0.25, -0.2) is 4.57 Å². The molecule has 0 aliphatic rings. The molecule has 0 aliphatic heterocycles. The van der Waals surface area contributed by atoms with Gasteiger partial charge in [-0.05, 0) is 56.2 Å². The number of phosphoric acid groups is 1. The molecule has 1 amide bonds. The van der Waals surface area contributed by atoms with E-state index in [1.807, 2.05) is 12.1 Å². The number of carbonyl (C=O) groups is 1. The summed E-state index contributed by atoms with van der Waals surface area (Å²) in [7, 11) is -4.61. The van der Waals surface area contributed by atoms with Crippen LogP contribution in [0.1, 0.15) is 102 Å². The van der Waals surface area contributed by atoms with Gasteiger partial charge in [0.2, 0.25) is 5.91 Å². The average molecular weight is 530 g/mol. The van der Waals surface area contributed by atoms with Gasteiger partial charge in [0.25, 0.3) is 0 Å². The summed E-state index contributed by atoms with van der Waals surface area (Å²) in [6, 6.07) is 6.60. The Hall–Kier alpha value is -1.17. The fraction of sp³-hybridized carbons (Fsp3) is 0.667. The molecular weight excluding hydrogens is 485 g/mol. The number of carbonyl (C=O) groups excluding carboxylic acids is 1. The predicted octanol–water partition coefficient (Wildman–Crippen LogP) is 7.51. The molecule has 0 saturated heterocycles. The SMILES string of the molecule is CCCCCCCCC=CCCCCCCCC(=O)N[C@@H](COP(=O)(O)O)Cc1ccc(Cl)cc1. The Balaban J connectivity index is 2.15. The first kappa shape index (κ1) is 31.9. The molecule has 35 heavy (non-hydrogen) atoms. The van der Waals surface area contributed by atoms with Crippen molar-refractivity contribution in [2.24, 2.45) is 0 Å². The number of hydrogen-bond acceptors (Lipinski definition) is 3. The highest BCUT2D eigenvalue weighted by atomic mass is 35.5. The molecule has 0 radical (unpaired) electrons. The van der Waals surface area contributed by atoms with Crippen LogP contribution in [0.5, 0.6) is 0 Å². The number of allylic oxidation sites excluding steroid dienone is 2. The summed E-state index contributed by atoms with van der Waals surface area (Å²) in [4.78, 5) is 30.4. The van der Waals surface area contributed by atoms with E-state index in [0.29, 0.717) is 17.9 Å². The first-order valence-corrected chi connectivity index (χ1v) is 15.1. The molecule has 8 heteroatoms. The quantitative estimate of drug-likeness (QED) is 0.0869. The molecule has 0 aromatic heterocycles. The molecule has 1 rings (SSSR count). The fourth-order valence-corrected chi connectivity index (χ4v) is 4.40. The average Bonchev–Trinajstić information content (AvgIpc) is 2.81.